The molecule has 1 aliphatic carbocycles. The number of aliphatic hydroxyl groups is 1. The second-order valence-electron chi connectivity index (χ2n) is 10.7. The first-order valence-electron chi connectivity index (χ1n) is 11.8. The van der Waals surface area contributed by atoms with Crippen molar-refractivity contribution in [3.63, 3.8) is 0 Å². The fraction of sp³-hybridized carbons (Fsp3) is 0.519. The van der Waals surface area contributed by atoms with Gasteiger partial charge in [-0.05, 0) is 59.6 Å². The number of piperidine rings is 1. The van der Waals surface area contributed by atoms with Gasteiger partial charge in [-0.25, -0.2) is 0 Å². The molecule has 2 aromatic carbocycles. The van der Waals surface area contributed by atoms with Crippen LogP contribution in [0, 0.1) is 5.41 Å². The molecule has 2 heterocycles. The lowest BCUT2D eigenvalue weighted by atomic mass is 9.51. The van der Waals surface area contributed by atoms with Crippen LogP contribution in [0.5, 0.6) is 5.75 Å². The number of fused-ring (bicyclic) bond motifs is 4. The summed E-state index contributed by atoms with van der Waals surface area (Å²) >= 11 is 0. The molecule has 2 aliphatic heterocycles. The van der Waals surface area contributed by atoms with E-state index in [-0.39, 0.29) is 28.9 Å². The first-order chi connectivity index (χ1) is 15.2. The molecule has 2 saturated heterocycles. The van der Waals surface area contributed by atoms with Gasteiger partial charge in [0, 0.05) is 43.2 Å². The first kappa shape index (κ1) is 21.5. The van der Waals surface area contributed by atoms with Crippen LogP contribution in [0.25, 0.3) is 0 Å². The second kappa shape index (κ2) is 7.60. The van der Waals surface area contributed by atoms with Crippen molar-refractivity contribution in [3.05, 3.63) is 64.7 Å². The number of aromatic hydroxyl groups is 1. The second-order valence-corrected chi connectivity index (χ2v) is 10.7. The molecular weight excluding hydrogens is 400 g/mol. The van der Waals surface area contributed by atoms with E-state index in [1.807, 2.05) is 35.2 Å². The Morgan fingerprint density at radius 1 is 1.09 bits per heavy atom. The molecule has 2 bridgehead atoms. The first-order valence-corrected chi connectivity index (χ1v) is 11.8. The Labute approximate surface area is 190 Å². The van der Waals surface area contributed by atoms with E-state index >= 15 is 0 Å². The minimum Gasteiger partial charge on any atom is -0.508 e. The van der Waals surface area contributed by atoms with E-state index in [2.05, 4.69) is 31.7 Å². The van der Waals surface area contributed by atoms with Gasteiger partial charge in [0.2, 0.25) is 0 Å². The molecule has 1 amide bonds. The Morgan fingerprint density at radius 3 is 2.53 bits per heavy atom. The number of carbonyl (C=O) groups is 1. The predicted octanol–water partition coefficient (Wildman–Crippen LogP) is 3.71. The number of likely N-dealkylation sites (tertiary alicyclic amines) is 2. The third kappa shape index (κ3) is 3.25. The van der Waals surface area contributed by atoms with E-state index in [4.69, 9.17) is 0 Å². The Balaban J connectivity index is 1.39. The van der Waals surface area contributed by atoms with Crippen molar-refractivity contribution in [1.82, 2.24) is 9.80 Å². The van der Waals surface area contributed by atoms with Gasteiger partial charge in [0.1, 0.15) is 5.75 Å². The number of carbonyl (C=O) groups excluding carboxylic acids is 1. The minimum atomic E-state index is -0.218. The van der Waals surface area contributed by atoms with Crippen LogP contribution in [-0.2, 0) is 18.4 Å². The normalized spacial score (nSPS) is 29.1. The monoisotopic (exact) mass is 434 g/mol. The smallest absolute Gasteiger partial charge is 0.254 e. The topological polar surface area (TPSA) is 64.0 Å². The lowest BCUT2D eigenvalue weighted by molar-refractivity contribution is -0.0266. The van der Waals surface area contributed by atoms with E-state index in [0.29, 0.717) is 12.2 Å². The standard InChI is InChI=1S/C27H34N2O3/c1-26(2)24-15-21-22(5-4-6-23(21)31)27(26,3)12-14-29(24)25(32)19-9-7-18(8-10-19)16-28-13-11-20(30)17-28/h4-10,20,24,30-31H,11-17H2,1-3H3/t20?,24?,27-/m0/s1. The Morgan fingerprint density at radius 2 is 1.84 bits per heavy atom. The highest BCUT2D eigenvalue weighted by Crippen LogP contribution is 2.57. The number of hydrogen-bond acceptors (Lipinski definition) is 4. The number of nitrogens with zero attached hydrogens (tertiary/aromatic N) is 2. The molecule has 170 valence electrons. The van der Waals surface area contributed by atoms with E-state index in [9.17, 15) is 15.0 Å². The largest absolute Gasteiger partial charge is 0.508 e. The van der Waals surface area contributed by atoms with Crippen LogP contribution in [0.1, 0.15) is 60.7 Å². The van der Waals surface area contributed by atoms with Crippen molar-refractivity contribution in [2.75, 3.05) is 19.6 Å². The molecule has 2 fully saturated rings. The van der Waals surface area contributed by atoms with Crippen LogP contribution < -0.4 is 0 Å². The number of phenols is 1. The molecule has 5 rings (SSSR count). The van der Waals surface area contributed by atoms with Crippen molar-refractivity contribution in [1.29, 1.82) is 0 Å². The van der Waals surface area contributed by atoms with Crippen LogP contribution in [0.2, 0.25) is 0 Å². The molecule has 5 nitrogen and oxygen atoms in total. The summed E-state index contributed by atoms with van der Waals surface area (Å²) in [7, 11) is 0. The zero-order chi connectivity index (χ0) is 22.7. The summed E-state index contributed by atoms with van der Waals surface area (Å²) in [6, 6.07) is 13.9. The fourth-order valence-electron chi connectivity index (χ4n) is 6.30. The number of phenolic OH excluding ortho intramolecular Hbond substituents is 1. The van der Waals surface area contributed by atoms with Gasteiger partial charge in [-0.15, -0.1) is 0 Å². The maximum atomic E-state index is 13.6. The molecule has 32 heavy (non-hydrogen) atoms. The van der Waals surface area contributed by atoms with Gasteiger partial charge < -0.3 is 15.1 Å². The van der Waals surface area contributed by atoms with Crippen LogP contribution in [-0.4, -0.2) is 57.7 Å². The molecule has 0 radical (unpaired) electrons. The third-order valence-corrected chi connectivity index (χ3v) is 8.74. The van der Waals surface area contributed by atoms with Crippen molar-refractivity contribution in [3.8, 4) is 5.75 Å². The predicted molar refractivity (Wildman–Crippen MR) is 125 cm³/mol. The van der Waals surface area contributed by atoms with Gasteiger partial charge in [-0.3, -0.25) is 9.69 Å². The maximum absolute atomic E-state index is 13.6. The molecule has 0 aromatic heterocycles. The molecule has 2 unspecified atom stereocenters. The van der Waals surface area contributed by atoms with Crippen molar-refractivity contribution < 1.29 is 15.0 Å². The number of aliphatic hydroxyl groups excluding tert-OH is 1. The highest BCUT2D eigenvalue weighted by molar-refractivity contribution is 5.94. The molecule has 2 aromatic rings. The number of hydrogen-bond donors (Lipinski definition) is 2. The molecule has 3 aliphatic rings. The van der Waals surface area contributed by atoms with Gasteiger partial charge in [-0.1, -0.05) is 45.0 Å². The average molecular weight is 435 g/mol. The minimum absolute atomic E-state index is 0.0420. The van der Waals surface area contributed by atoms with Crippen LogP contribution in [0.4, 0.5) is 0 Å². The quantitative estimate of drug-likeness (QED) is 0.773. The van der Waals surface area contributed by atoms with Gasteiger partial charge in [0.25, 0.3) is 5.91 Å². The molecule has 2 N–H and O–H groups in total. The van der Waals surface area contributed by atoms with Gasteiger partial charge in [0.15, 0.2) is 0 Å². The van der Waals surface area contributed by atoms with Gasteiger partial charge in [-0.2, -0.15) is 0 Å². The average Bonchev–Trinajstić information content (AvgIpc) is 3.16. The van der Waals surface area contributed by atoms with E-state index in [1.165, 1.54) is 11.1 Å². The van der Waals surface area contributed by atoms with Crippen molar-refractivity contribution in [2.24, 2.45) is 5.41 Å². The van der Waals surface area contributed by atoms with Crippen LogP contribution in [0.15, 0.2) is 42.5 Å². The highest BCUT2D eigenvalue weighted by atomic mass is 16.3. The summed E-state index contributed by atoms with van der Waals surface area (Å²) in [4.78, 5) is 17.9. The Bertz CT molecular complexity index is 1030. The van der Waals surface area contributed by atoms with E-state index < -0.39 is 0 Å². The summed E-state index contributed by atoms with van der Waals surface area (Å²) in [6.45, 7) is 10.0. The summed E-state index contributed by atoms with van der Waals surface area (Å²) < 4.78 is 0. The number of benzene rings is 2. The lowest BCUT2D eigenvalue weighted by Crippen LogP contribution is -2.64. The van der Waals surface area contributed by atoms with E-state index in [1.54, 1.807) is 6.07 Å². The van der Waals surface area contributed by atoms with E-state index in [0.717, 1.165) is 50.1 Å². The van der Waals surface area contributed by atoms with Crippen molar-refractivity contribution >= 4 is 5.91 Å². The van der Waals surface area contributed by atoms with Crippen molar-refractivity contribution in [2.45, 2.75) is 64.1 Å². The van der Waals surface area contributed by atoms with Crippen LogP contribution in [0.3, 0.4) is 0 Å². The molecule has 3 atom stereocenters. The molecule has 0 saturated carbocycles. The Hall–Kier alpha value is -2.37. The third-order valence-electron chi connectivity index (χ3n) is 8.74. The molecule has 5 heteroatoms. The number of amides is 1. The Kier molecular flexibility index (Phi) is 5.10. The van der Waals surface area contributed by atoms with Gasteiger partial charge in [0.05, 0.1) is 6.10 Å². The van der Waals surface area contributed by atoms with Crippen LogP contribution >= 0.6 is 0 Å². The lowest BCUT2D eigenvalue weighted by Gasteiger charge is -2.60. The number of rotatable bonds is 3. The molecular formula is C27H34N2O3. The van der Waals surface area contributed by atoms with Gasteiger partial charge >= 0.3 is 0 Å². The summed E-state index contributed by atoms with van der Waals surface area (Å²) in [5, 5.41) is 20.3. The number of β-amino-alcohol motifs (C(OH)–C–C–N with tert-alkyl or cyclic N) is 1. The molecule has 0 spiro atoms. The summed E-state index contributed by atoms with van der Waals surface area (Å²) in [5.41, 5.74) is 3.95. The maximum Gasteiger partial charge on any atom is 0.254 e. The summed E-state index contributed by atoms with van der Waals surface area (Å²) in [6.07, 6.45) is 2.18. The zero-order valence-electron chi connectivity index (χ0n) is 19.3. The summed E-state index contributed by atoms with van der Waals surface area (Å²) in [5.74, 6) is 0.423. The SMILES string of the molecule is CC1(C)C2Cc3c(O)cccc3[C@]1(C)CCN2C(=O)c1ccc(CN2CCC(O)C2)cc1. The zero-order valence-corrected chi connectivity index (χ0v) is 19.3. The fourth-order valence-corrected chi connectivity index (χ4v) is 6.30. The highest BCUT2D eigenvalue weighted by Gasteiger charge is 2.57.